The van der Waals surface area contributed by atoms with E-state index in [1.165, 1.54) is 6.20 Å². The van der Waals surface area contributed by atoms with Crippen LogP contribution in [0.3, 0.4) is 0 Å². The van der Waals surface area contributed by atoms with Gasteiger partial charge in [0, 0.05) is 13.6 Å². The van der Waals surface area contributed by atoms with Crippen molar-refractivity contribution in [3.63, 3.8) is 0 Å². The van der Waals surface area contributed by atoms with Gasteiger partial charge in [-0.2, -0.15) is 5.26 Å². The van der Waals surface area contributed by atoms with Gasteiger partial charge in [-0.1, -0.05) is 11.3 Å². The highest BCUT2D eigenvalue weighted by Crippen LogP contribution is 2.21. The summed E-state index contributed by atoms with van der Waals surface area (Å²) in [6.45, 7) is 2.35. The molecule has 1 unspecified atom stereocenters. The summed E-state index contributed by atoms with van der Waals surface area (Å²) in [6, 6.07) is 2.11. The van der Waals surface area contributed by atoms with Crippen molar-refractivity contribution >= 4 is 22.4 Å². The lowest BCUT2D eigenvalue weighted by molar-refractivity contribution is 0.0702. The summed E-state index contributed by atoms with van der Waals surface area (Å²) >= 11 is 1.11. The van der Waals surface area contributed by atoms with Crippen molar-refractivity contribution in [3.05, 3.63) is 11.1 Å². The highest BCUT2D eigenvalue weighted by atomic mass is 32.1. The first-order valence-electron chi connectivity index (χ1n) is 4.34. The molecule has 0 saturated carbocycles. The van der Waals surface area contributed by atoms with Gasteiger partial charge in [0.2, 0.25) is 0 Å². The van der Waals surface area contributed by atoms with Crippen molar-refractivity contribution in [2.45, 2.75) is 6.92 Å². The average Bonchev–Trinajstić information content (AvgIpc) is 2.66. The number of carbonyl (C=O) groups is 1. The van der Waals surface area contributed by atoms with Crippen LogP contribution in [-0.2, 0) is 0 Å². The van der Waals surface area contributed by atoms with Gasteiger partial charge in [0.05, 0.1) is 18.2 Å². The first kappa shape index (κ1) is 11.5. The molecular weight excluding hydrogens is 214 g/mol. The fraction of sp³-hybridized carbons (Fsp3) is 0.444. The molecule has 1 aromatic heterocycles. The van der Waals surface area contributed by atoms with Crippen molar-refractivity contribution < 1.29 is 9.90 Å². The Morgan fingerprint density at radius 3 is 3.00 bits per heavy atom. The third-order valence-electron chi connectivity index (χ3n) is 1.80. The second-order valence-electron chi connectivity index (χ2n) is 3.22. The first-order chi connectivity index (χ1) is 7.04. The molecule has 1 N–H and O–H groups in total. The van der Waals surface area contributed by atoms with Crippen molar-refractivity contribution in [1.29, 1.82) is 5.26 Å². The predicted octanol–water partition coefficient (Wildman–Crippen LogP) is 1.44. The molecule has 0 amide bonds. The molecule has 0 aliphatic carbocycles. The van der Waals surface area contributed by atoms with Crippen LogP contribution in [0, 0.1) is 17.2 Å². The van der Waals surface area contributed by atoms with Gasteiger partial charge >= 0.3 is 5.97 Å². The minimum Gasteiger partial charge on any atom is -0.477 e. The van der Waals surface area contributed by atoms with Gasteiger partial charge in [0.25, 0.3) is 0 Å². The third kappa shape index (κ3) is 2.92. The maximum absolute atomic E-state index is 10.6. The number of rotatable bonds is 4. The highest BCUT2D eigenvalue weighted by Gasteiger charge is 2.13. The lowest BCUT2D eigenvalue weighted by Crippen LogP contribution is -2.22. The van der Waals surface area contributed by atoms with Gasteiger partial charge in [-0.15, -0.1) is 0 Å². The summed E-state index contributed by atoms with van der Waals surface area (Å²) in [5.41, 5.74) is 0. The van der Waals surface area contributed by atoms with Crippen LogP contribution in [0.1, 0.15) is 16.6 Å². The van der Waals surface area contributed by atoms with E-state index in [0.29, 0.717) is 11.7 Å². The van der Waals surface area contributed by atoms with Crippen LogP contribution in [0.2, 0.25) is 0 Å². The molecule has 1 heterocycles. The molecule has 0 aliphatic rings. The maximum atomic E-state index is 10.6. The van der Waals surface area contributed by atoms with Crippen molar-refractivity contribution in [1.82, 2.24) is 4.98 Å². The molecule has 0 radical (unpaired) electrons. The van der Waals surface area contributed by atoms with Crippen LogP contribution >= 0.6 is 11.3 Å². The Labute approximate surface area is 91.6 Å². The largest absolute Gasteiger partial charge is 0.477 e. The zero-order valence-corrected chi connectivity index (χ0v) is 9.28. The Kier molecular flexibility index (Phi) is 3.63. The standard InChI is InChI=1S/C9H11N3O2S/c1-6(3-10)5-12(2)9-11-4-7(15-9)8(13)14/h4,6H,5H2,1-2H3,(H,13,14). The fourth-order valence-electron chi connectivity index (χ4n) is 1.07. The van der Waals surface area contributed by atoms with E-state index in [2.05, 4.69) is 11.1 Å². The molecule has 80 valence electrons. The number of hydrogen-bond donors (Lipinski definition) is 1. The van der Waals surface area contributed by atoms with Crippen molar-refractivity contribution in [3.8, 4) is 6.07 Å². The third-order valence-corrected chi connectivity index (χ3v) is 2.90. The summed E-state index contributed by atoms with van der Waals surface area (Å²) in [4.78, 5) is 16.6. The number of aromatic carboxylic acids is 1. The molecule has 0 aromatic carbocycles. The number of hydrogen-bond acceptors (Lipinski definition) is 5. The quantitative estimate of drug-likeness (QED) is 0.838. The number of anilines is 1. The van der Waals surface area contributed by atoms with Gasteiger partial charge in [0.15, 0.2) is 5.13 Å². The van der Waals surface area contributed by atoms with Crippen molar-refractivity contribution in [2.75, 3.05) is 18.5 Å². The second-order valence-corrected chi connectivity index (χ2v) is 4.23. The van der Waals surface area contributed by atoms with Gasteiger partial charge in [0.1, 0.15) is 4.88 Å². The smallest absolute Gasteiger partial charge is 0.347 e. The number of nitriles is 1. The summed E-state index contributed by atoms with van der Waals surface area (Å²) in [5.74, 6) is -1.08. The number of carboxylic acid groups (broad SMARTS) is 1. The van der Waals surface area contributed by atoms with E-state index >= 15 is 0 Å². The predicted molar refractivity (Wildman–Crippen MR) is 57.1 cm³/mol. The molecule has 0 aliphatic heterocycles. The van der Waals surface area contributed by atoms with Crippen LogP contribution < -0.4 is 4.90 Å². The van der Waals surface area contributed by atoms with Crippen LogP contribution in [0.15, 0.2) is 6.20 Å². The lowest BCUT2D eigenvalue weighted by Gasteiger charge is -2.16. The number of nitrogens with zero attached hydrogens (tertiary/aromatic N) is 3. The van der Waals surface area contributed by atoms with Crippen LogP contribution in [-0.4, -0.2) is 29.7 Å². The highest BCUT2D eigenvalue weighted by molar-refractivity contribution is 7.17. The second kappa shape index (κ2) is 4.75. The molecule has 6 heteroatoms. The first-order valence-corrected chi connectivity index (χ1v) is 5.16. The van der Waals surface area contributed by atoms with E-state index in [9.17, 15) is 4.79 Å². The number of carboxylic acids is 1. The molecule has 0 spiro atoms. The maximum Gasteiger partial charge on any atom is 0.347 e. The Morgan fingerprint density at radius 1 is 1.87 bits per heavy atom. The van der Waals surface area contributed by atoms with Gasteiger partial charge < -0.3 is 10.0 Å². The zero-order valence-electron chi connectivity index (χ0n) is 8.47. The summed E-state index contributed by atoms with van der Waals surface area (Å²) < 4.78 is 0. The Hall–Kier alpha value is -1.61. The van der Waals surface area contributed by atoms with E-state index < -0.39 is 5.97 Å². The molecule has 1 aromatic rings. The van der Waals surface area contributed by atoms with Gasteiger partial charge in [-0.05, 0) is 6.92 Å². The normalized spacial score (nSPS) is 11.8. The molecule has 0 saturated heterocycles. The van der Waals surface area contributed by atoms with Crippen LogP contribution in [0.25, 0.3) is 0 Å². The SMILES string of the molecule is CC(C#N)CN(C)c1ncc(C(=O)O)s1. The Morgan fingerprint density at radius 2 is 2.53 bits per heavy atom. The summed E-state index contributed by atoms with van der Waals surface area (Å²) in [7, 11) is 1.79. The van der Waals surface area contributed by atoms with E-state index in [0.717, 1.165) is 11.3 Å². The Bertz CT molecular complexity index is 396. The van der Waals surface area contributed by atoms with E-state index in [1.807, 2.05) is 6.92 Å². The molecule has 5 nitrogen and oxygen atoms in total. The van der Waals surface area contributed by atoms with Crippen LogP contribution in [0.4, 0.5) is 5.13 Å². The molecule has 1 atom stereocenters. The minimum absolute atomic E-state index is 0.104. The average molecular weight is 225 g/mol. The Balaban J connectivity index is 2.71. The molecule has 0 fully saturated rings. The fourth-order valence-corrected chi connectivity index (χ4v) is 1.80. The number of aromatic nitrogens is 1. The lowest BCUT2D eigenvalue weighted by atomic mass is 10.2. The van der Waals surface area contributed by atoms with Gasteiger partial charge in [-0.3, -0.25) is 0 Å². The topological polar surface area (TPSA) is 77.2 Å². The summed E-state index contributed by atoms with van der Waals surface area (Å²) in [6.07, 6.45) is 1.33. The summed E-state index contributed by atoms with van der Waals surface area (Å²) in [5, 5.41) is 18.0. The van der Waals surface area contributed by atoms with E-state index in [-0.39, 0.29) is 10.8 Å². The molecule has 0 bridgehead atoms. The van der Waals surface area contributed by atoms with Gasteiger partial charge in [-0.25, -0.2) is 9.78 Å². The monoisotopic (exact) mass is 225 g/mol. The minimum atomic E-state index is -0.972. The molecular formula is C9H11N3O2S. The molecule has 15 heavy (non-hydrogen) atoms. The molecule has 1 rings (SSSR count). The van der Waals surface area contributed by atoms with E-state index in [1.54, 1.807) is 11.9 Å². The van der Waals surface area contributed by atoms with Crippen LogP contribution in [0.5, 0.6) is 0 Å². The van der Waals surface area contributed by atoms with E-state index in [4.69, 9.17) is 10.4 Å². The number of thiazole rings is 1. The van der Waals surface area contributed by atoms with Crippen molar-refractivity contribution in [2.24, 2.45) is 5.92 Å². The zero-order chi connectivity index (χ0) is 11.4.